The second-order valence-electron chi connectivity index (χ2n) is 4.11. The molecule has 18 heavy (non-hydrogen) atoms. The molecule has 0 aromatic rings. The number of nitrogens with one attached hydrogen (secondary N) is 1. The maximum Gasteiger partial charge on any atom is 0.328 e. The highest BCUT2D eigenvalue weighted by atomic mass is 16.4. The number of urea groups is 1. The van der Waals surface area contributed by atoms with Crippen LogP contribution in [0.1, 0.15) is 6.42 Å². The molecule has 0 saturated carbocycles. The molecule has 5 N–H and O–H groups in total. The third-order valence-electron chi connectivity index (χ3n) is 2.70. The lowest BCUT2D eigenvalue weighted by Crippen LogP contribution is -2.46. The Labute approximate surface area is 105 Å². The van der Waals surface area contributed by atoms with Crippen molar-refractivity contribution < 1.29 is 19.8 Å². The lowest BCUT2D eigenvalue weighted by atomic mass is 9.93. The van der Waals surface area contributed by atoms with Crippen molar-refractivity contribution in [2.45, 2.75) is 18.2 Å². The second kappa shape index (κ2) is 5.65. The number of carbonyl (C=O) groups excluding carboxylic acids is 1. The minimum Gasteiger partial charge on any atom is -0.480 e. The number of hydrogen-bond donors (Lipinski definition) is 4. The molecule has 2 atom stereocenters. The first kappa shape index (κ1) is 14.2. The first-order chi connectivity index (χ1) is 8.37. The summed E-state index contributed by atoms with van der Waals surface area (Å²) in [4.78, 5) is 22.2. The summed E-state index contributed by atoms with van der Waals surface area (Å²) in [5, 5.41) is 19.9. The van der Waals surface area contributed by atoms with E-state index in [1.165, 1.54) is 11.0 Å². The van der Waals surface area contributed by atoms with Crippen molar-refractivity contribution in [3.8, 4) is 0 Å². The summed E-state index contributed by atoms with van der Waals surface area (Å²) in [6.07, 6.45) is 6.41. The average Bonchev–Trinajstić information content (AvgIpc) is 2.62. The largest absolute Gasteiger partial charge is 0.480 e. The molecule has 0 spiro atoms. The highest BCUT2D eigenvalue weighted by Gasteiger charge is 2.30. The van der Waals surface area contributed by atoms with Gasteiger partial charge >= 0.3 is 12.0 Å². The number of aliphatic hydroxyl groups is 1. The van der Waals surface area contributed by atoms with Crippen LogP contribution in [-0.2, 0) is 4.79 Å². The molecule has 0 aromatic heterocycles. The zero-order valence-corrected chi connectivity index (χ0v) is 10.0. The Morgan fingerprint density at radius 2 is 2.28 bits per heavy atom. The standard InChI is InChI=1S/C7H9NO2.C4H8N2O2/c8-7(6(9)10)4-2-1-3-5-7;1-6-3(7)2-5-4(6)8/h1-4H,5,8H2,(H,9,10);3,7H,2H2,1H3,(H,5,8). The van der Waals surface area contributed by atoms with E-state index in [1.807, 2.05) is 0 Å². The minimum absolute atomic E-state index is 0.211. The average molecular weight is 255 g/mol. The van der Waals surface area contributed by atoms with Gasteiger partial charge in [-0.15, -0.1) is 0 Å². The highest BCUT2D eigenvalue weighted by molar-refractivity contribution is 5.81. The molecule has 2 unspecified atom stereocenters. The van der Waals surface area contributed by atoms with Crippen LogP contribution in [0.5, 0.6) is 0 Å². The van der Waals surface area contributed by atoms with Gasteiger partial charge in [0.1, 0.15) is 11.8 Å². The van der Waals surface area contributed by atoms with Crippen molar-refractivity contribution in [3.05, 3.63) is 24.3 Å². The van der Waals surface area contributed by atoms with E-state index >= 15 is 0 Å². The number of allylic oxidation sites excluding steroid dienone is 2. The monoisotopic (exact) mass is 255 g/mol. The Hall–Kier alpha value is -1.86. The molecule has 0 radical (unpaired) electrons. The zero-order chi connectivity index (χ0) is 13.8. The van der Waals surface area contributed by atoms with E-state index in [-0.39, 0.29) is 6.03 Å². The van der Waals surface area contributed by atoms with Gasteiger partial charge in [0, 0.05) is 7.05 Å². The lowest BCUT2D eigenvalue weighted by Gasteiger charge is -2.20. The van der Waals surface area contributed by atoms with E-state index in [9.17, 15) is 9.59 Å². The van der Waals surface area contributed by atoms with Crippen molar-refractivity contribution in [1.82, 2.24) is 10.2 Å². The Morgan fingerprint density at radius 1 is 1.61 bits per heavy atom. The number of carbonyl (C=O) groups is 2. The molecule has 1 aliphatic carbocycles. The normalized spacial score (nSPS) is 29.6. The molecular formula is C11H17N3O4. The van der Waals surface area contributed by atoms with Crippen LogP contribution in [0.3, 0.4) is 0 Å². The van der Waals surface area contributed by atoms with Crippen LogP contribution in [0.25, 0.3) is 0 Å². The van der Waals surface area contributed by atoms with Gasteiger partial charge in [-0.1, -0.05) is 24.3 Å². The number of carboxylic acid groups (broad SMARTS) is 1. The number of nitrogens with zero attached hydrogens (tertiary/aromatic N) is 1. The predicted octanol–water partition coefficient (Wildman–Crippen LogP) is -0.756. The van der Waals surface area contributed by atoms with Crippen molar-refractivity contribution in [1.29, 1.82) is 0 Å². The van der Waals surface area contributed by atoms with Gasteiger partial charge in [-0.3, -0.25) is 0 Å². The maximum atomic E-state index is 10.5. The fraction of sp³-hybridized carbons (Fsp3) is 0.455. The number of β-amino-alcohol motifs (C(OH)–C–C–N with tert-alkyl or cyclic N) is 1. The molecule has 2 rings (SSSR count). The van der Waals surface area contributed by atoms with Gasteiger partial charge in [-0.05, 0) is 6.42 Å². The molecule has 2 amide bonds. The highest BCUT2D eigenvalue weighted by Crippen LogP contribution is 2.13. The van der Waals surface area contributed by atoms with Crippen molar-refractivity contribution >= 4 is 12.0 Å². The fourth-order valence-electron chi connectivity index (χ4n) is 1.37. The summed E-state index contributed by atoms with van der Waals surface area (Å²) in [6.45, 7) is 0.343. The van der Waals surface area contributed by atoms with Gasteiger partial charge in [-0.2, -0.15) is 0 Å². The predicted molar refractivity (Wildman–Crippen MR) is 64.6 cm³/mol. The van der Waals surface area contributed by atoms with Crippen LogP contribution in [-0.4, -0.2) is 52.5 Å². The minimum atomic E-state index is -1.17. The third-order valence-corrected chi connectivity index (χ3v) is 2.70. The molecule has 1 saturated heterocycles. The number of aliphatic carboxylic acids is 1. The van der Waals surface area contributed by atoms with E-state index < -0.39 is 17.7 Å². The van der Waals surface area contributed by atoms with Crippen LogP contribution in [0, 0.1) is 0 Å². The van der Waals surface area contributed by atoms with E-state index in [0.717, 1.165) is 0 Å². The van der Waals surface area contributed by atoms with Gasteiger partial charge in [0.15, 0.2) is 0 Å². The van der Waals surface area contributed by atoms with Crippen LogP contribution < -0.4 is 11.1 Å². The van der Waals surface area contributed by atoms with Gasteiger partial charge in [0.25, 0.3) is 0 Å². The number of likely N-dealkylation sites (N-methyl/N-ethyl adjacent to an activating group) is 1. The molecule has 1 fully saturated rings. The molecule has 0 aromatic carbocycles. The molecule has 1 heterocycles. The first-order valence-corrected chi connectivity index (χ1v) is 5.42. The number of rotatable bonds is 1. The van der Waals surface area contributed by atoms with Gasteiger partial charge in [0.05, 0.1) is 6.54 Å². The topological polar surface area (TPSA) is 116 Å². The van der Waals surface area contributed by atoms with Crippen LogP contribution >= 0.6 is 0 Å². The summed E-state index contributed by atoms with van der Waals surface area (Å²) >= 11 is 0. The van der Waals surface area contributed by atoms with Gasteiger partial charge in [-0.25, -0.2) is 9.59 Å². The number of amides is 2. The maximum absolute atomic E-state index is 10.5. The number of carboxylic acids is 1. The Balaban J connectivity index is 0.000000184. The fourth-order valence-corrected chi connectivity index (χ4v) is 1.37. The first-order valence-electron chi connectivity index (χ1n) is 5.42. The van der Waals surface area contributed by atoms with Crippen molar-refractivity contribution in [2.75, 3.05) is 13.6 Å². The molecule has 2 aliphatic rings. The molecule has 100 valence electrons. The molecule has 1 aliphatic heterocycles. The second-order valence-corrected chi connectivity index (χ2v) is 4.11. The van der Waals surface area contributed by atoms with Gasteiger partial charge in [0.2, 0.25) is 0 Å². The molecular weight excluding hydrogens is 238 g/mol. The third kappa shape index (κ3) is 3.31. The summed E-state index contributed by atoms with van der Waals surface area (Å²) in [7, 11) is 1.55. The SMILES string of the molecule is CN1C(=O)NCC1O.NC1(C(=O)O)C=CC=CC1. The van der Waals surface area contributed by atoms with Crippen LogP contribution in [0.4, 0.5) is 4.79 Å². The summed E-state index contributed by atoms with van der Waals surface area (Å²) < 4.78 is 0. The van der Waals surface area contributed by atoms with E-state index in [1.54, 1.807) is 25.3 Å². The Bertz CT molecular complexity index is 394. The summed E-state index contributed by atoms with van der Waals surface area (Å²) in [5.41, 5.74) is 4.29. The molecule has 7 heteroatoms. The molecule has 0 bridgehead atoms. The van der Waals surface area contributed by atoms with Crippen molar-refractivity contribution in [2.24, 2.45) is 5.73 Å². The van der Waals surface area contributed by atoms with E-state index in [2.05, 4.69) is 5.32 Å². The van der Waals surface area contributed by atoms with E-state index in [4.69, 9.17) is 15.9 Å². The number of hydrogen-bond acceptors (Lipinski definition) is 4. The van der Waals surface area contributed by atoms with E-state index in [0.29, 0.717) is 13.0 Å². The Kier molecular flexibility index (Phi) is 4.46. The Morgan fingerprint density at radius 3 is 2.50 bits per heavy atom. The quantitative estimate of drug-likeness (QED) is 0.491. The van der Waals surface area contributed by atoms with Crippen molar-refractivity contribution in [3.63, 3.8) is 0 Å². The lowest BCUT2D eigenvalue weighted by molar-refractivity contribution is -0.141. The summed E-state index contributed by atoms with van der Waals surface area (Å²) in [5.74, 6) is -0.979. The summed E-state index contributed by atoms with van der Waals surface area (Å²) in [6, 6.07) is -0.211. The number of nitrogens with two attached hydrogens (primary N) is 1. The zero-order valence-electron chi connectivity index (χ0n) is 10.0. The number of aliphatic hydroxyl groups excluding tert-OH is 1. The molecule has 7 nitrogen and oxygen atoms in total. The van der Waals surface area contributed by atoms with Crippen LogP contribution in [0.15, 0.2) is 24.3 Å². The van der Waals surface area contributed by atoms with Crippen LogP contribution in [0.2, 0.25) is 0 Å². The smallest absolute Gasteiger partial charge is 0.328 e. The van der Waals surface area contributed by atoms with Gasteiger partial charge < -0.3 is 26.2 Å².